The summed E-state index contributed by atoms with van der Waals surface area (Å²) in [6.45, 7) is 0.467. The molecule has 36 heavy (non-hydrogen) atoms. The van der Waals surface area contributed by atoms with E-state index in [2.05, 4.69) is 20.3 Å². The molecule has 0 bridgehead atoms. The number of carbonyl (C=O) groups is 1. The molecule has 0 aliphatic heterocycles. The number of nitrogens with zero attached hydrogens (tertiary/aromatic N) is 3. The Kier molecular flexibility index (Phi) is 6.90. The molecule has 2 aromatic heterocycles. The van der Waals surface area contributed by atoms with E-state index in [4.69, 9.17) is 9.47 Å². The fourth-order valence-corrected chi connectivity index (χ4v) is 3.51. The van der Waals surface area contributed by atoms with E-state index >= 15 is 0 Å². The first-order valence-corrected chi connectivity index (χ1v) is 11.3. The maximum atomic E-state index is 12.8. The number of pyridine rings is 1. The highest BCUT2D eigenvalue weighted by molar-refractivity contribution is 6.04. The zero-order chi connectivity index (χ0) is 24.6. The molecule has 0 fully saturated rings. The second-order valence-corrected chi connectivity index (χ2v) is 7.83. The SMILES string of the molecule is O=C(Nc1cccc(Oc2ncccc2-c2ccncn2)c1)c1ccc(OCc2ccccc2)cc1. The van der Waals surface area contributed by atoms with Gasteiger partial charge < -0.3 is 14.8 Å². The summed E-state index contributed by atoms with van der Waals surface area (Å²) in [6.07, 6.45) is 4.79. The average Bonchev–Trinajstić information content (AvgIpc) is 2.94. The minimum atomic E-state index is -0.235. The van der Waals surface area contributed by atoms with Gasteiger partial charge in [0, 0.05) is 29.7 Å². The molecule has 0 radical (unpaired) electrons. The first-order valence-electron chi connectivity index (χ1n) is 11.3. The van der Waals surface area contributed by atoms with Crippen LogP contribution in [0.4, 0.5) is 5.69 Å². The molecule has 0 saturated carbocycles. The molecule has 3 aromatic carbocycles. The van der Waals surface area contributed by atoms with Gasteiger partial charge in [0.2, 0.25) is 5.88 Å². The number of amides is 1. The van der Waals surface area contributed by atoms with Gasteiger partial charge in [-0.1, -0.05) is 36.4 Å². The molecule has 1 amide bonds. The van der Waals surface area contributed by atoms with Crippen LogP contribution in [0.2, 0.25) is 0 Å². The van der Waals surface area contributed by atoms with Crippen LogP contribution in [-0.4, -0.2) is 20.9 Å². The first-order chi connectivity index (χ1) is 17.7. The van der Waals surface area contributed by atoms with Crippen LogP contribution in [0.3, 0.4) is 0 Å². The monoisotopic (exact) mass is 474 g/mol. The Bertz CT molecular complexity index is 1440. The van der Waals surface area contributed by atoms with Gasteiger partial charge in [-0.05, 0) is 60.2 Å². The third kappa shape index (κ3) is 5.71. The lowest BCUT2D eigenvalue weighted by Gasteiger charge is -2.11. The highest BCUT2D eigenvalue weighted by atomic mass is 16.5. The van der Waals surface area contributed by atoms with Gasteiger partial charge in [-0.2, -0.15) is 0 Å². The van der Waals surface area contributed by atoms with Crippen molar-refractivity contribution in [2.45, 2.75) is 6.61 Å². The summed E-state index contributed by atoms with van der Waals surface area (Å²) < 4.78 is 11.8. The largest absolute Gasteiger partial charge is 0.489 e. The molecule has 7 heteroatoms. The molecule has 0 saturated heterocycles. The summed E-state index contributed by atoms with van der Waals surface area (Å²) >= 11 is 0. The quantitative estimate of drug-likeness (QED) is 0.290. The van der Waals surface area contributed by atoms with E-state index in [0.717, 1.165) is 11.1 Å². The van der Waals surface area contributed by atoms with E-state index in [1.54, 1.807) is 67.0 Å². The molecule has 0 unspecified atom stereocenters. The third-order valence-electron chi connectivity index (χ3n) is 5.30. The van der Waals surface area contributed by atoms with E-state index < -0.39 is 0 Å². The smallest absolute Gasteiger partial charge is 0.255 e. The molecular formula is C29H22N4O3. The van der Waals surface area contributed by atoms with E-state index in [1.165, 1.54) is 6.33 Å². The van der Waals surface area contributed by atoms with Gasteiger partial charge in [0.25, 0.3) is 5.91 Å². The number of anilines is 1. The van der Waals surface area contributed by atoms with Crippen molar-refractivity contribution in [3.8, 4) is 28.6 Å². The van der Waals surface area contributed by atoms with E-state index in [1.807, 2.05) is 42.5 Å². The molecule has 0 aliphatic carbocycles. The van der Waals surface area contributed by atoms with Crippen molar-refractivity contribution in [3.63, 3.8) is 0 Å². The Morgan fingerprint density at radius 3 is 2.44 bits per heavy atom. The number of aromatic nitrogens is 3. The van der Waals surface area contributed by atoms with Crippen molar-refractivity contribution >= 4 is 11.6 Å². The molecule has 176 valence electrons. The van der Waals surface area contributed by atoms with Crippen LogP contribution in [-0.2, 0) is 6.61 Å². The zero-order valence-corrected chi connectivity index (χ0v) is 19.2. The number of benzene rings is 3. The highest BCUT2D eigenvalue weighted by Gasteiger charge is 2.11. The molecular weight excluding hydrogens is 452 g/mol. The number of hydrogen-bond donors (Lipinski definition) is 1. The Labute approximate surface area is 208 Å². The standard InChI is InChI=1S/C29H22N4O3/c34-28(22-11-13-24(14-12-22)35-19-21-6-2-1-3-7-21)33-23-8-4-9-25(18-23)36-29-26(10-5-16-31-29)27-15-17-30-20-32-27/h1-18,20H,19H2,(H,33,34). The lowest BCUT2D eigenvalue weighted by atomic mass is 10.2. The molecule has 0 spiro atoms. The number of nitrogens with one attached hydrogen (secondary N) is 1. The van der Waals surface area contributed by atoms with Crippen LogP contribution >= 0.6 is 0 Å². The van der Waals surface area contributed by atoms with E-state index in [9.17, 15) is 4.79 Å². The lowest BCUT2D eigenvalue weighted by Crippen LogP contribution is -2.11. The van der Waals surface area contributed by atoms with Crippen molar-refractivity contribution in [1.82, 2.24) is 15.0 Å². The molecule has 0 aliphatic rings. The Morgan fingerprint density at radius 1 is 0.778 bits per heavy atom. The molecule has 5 aromatic rings. The molecule has 7 nitrogen and oxygen atoms in total. The van der Waals surface area contributed by atoms with Gasteiger partial charge in [0.15, 0.2) is 0 Å². The maximum Gasteiger partial charge on any atom is 0.255 e. The molecule has 1 N–H and O–H groups in total. The average molecular weight is 475 g/mol. The predicted molar refractivity (Wildman–Crippen MR) is 137 cm³/mol. The van der Waals surface area contributed by atoms with Gasteiger partial charge in [0.1, 0.15) is 24.4 Å². The van der Waals surface area contributed by atoms with Crippen molar-refractivity contribution < 1.29 is 14.3 Å². The van der Waals surface area contributed by atoms with E-state index in [-0.39, 0.29) is 5.91 Å². The van der Waals surface area contributed by atoms with Crippen LogP contribution in [0.1, 0.15) is 15.9 Å². The fraction of sp³-hybridized carbons (Fsp3) is 0.0345. The zero-order valence-electron chi connectivity index (χ0n) is 19.2. The molecule has 5 rings (SSSR count). The van der Waals surface area contributed by atoms with Crippen LogP contribution < -0.4 is 14.8 Å². The van der Waals surface area contributed by atoms with Gasteiger partial charge in [-0.25, -0.2) is 15.0 Å². The first kappa shape index (κ1) is 22.7. The van der Waals surface area contributed by atoms with Crippen LogP contribution in [0.15, 0.2) is 116 Å². The van der Waals surface area contributed by atoms with Crippen molar-refractivity contribution in [3.05, 3.63) is 127 Å². The van der Waals surface area contributed by atoms with Gasteiger partial charge >= 0.3 is 0 Å². The summed E-state index contributed by atoms with van der Waals surface area (Å²) in [5.41, 5.74) is 3.64. The third-order valence-corrected chi connectivity index (χ3v) is 5.30. The summed E-state index contributed by atoms with van der Waals surface area (Å²) in [4.78, 5) is 25.4. The van der Waals surface area contributed by atoms with Gasteiger partial charge in [0.05, 0.1) is 11.3 Å². The van der Waals surface area contributed by atoms with Gasteiger partial charge in [-0.3, -0.25) is 4.79 Å². The maximum absolute atomic E-state index is 12.8. The molecule has 0 atom stereocenters. The Hall–Kier alpha value is -5.04. The topological polar surface area (TPSA) is 86.2 Å². The van der Waals surface area contributed by atoms with Crippen LogP contribution in [0.5, 0.6) is 17.4 Å². The fourth-order valence-electron chi connectivity index (χ4n) is 3.51. The minimum Gasteiger partial charge on any atom is -0.489 e. The normalized spacial score (nSPS) is 10.4. The summed E-state index contributed by atoms with van der Waals surface area (Å²) in [5.74, 6) is 1.40. The number of rotatable bonds is 8. The molecule has 2 heterocycles. The number of hydrogen-bond acceptors (Lipinski definition) is 6. The van der Waals surface area contributed by atoms with Gasteiger partial charge in [-0.15, -0.1) is 0 Å². The summed E-state index contributed by atoms with van der Waals surface area (Å²) in [5, 5.41) is 2.91. The van der Waals surface area contributed by atoms with E-state index in [0.29, 0.717) is 40.9 Å². The Balaban J connectivity index is 1.24. The van der Waals surface area contributed by atoms with Crippen molar-refractivity contribution in [1.29, 1.82) is 0 Å². The van der Waals surface area contributed by atoms with Crippen molar-refractivity contribution in [2.24, 2.45) is 0 Å². The second kappa shape index (κ2) is 10.9. The number of carbonyl (C=O) groups excluding carboxylic acids is 1. The minimum absolute atomic E-state index is 0.235. The van der Waals surface area contributed by atoms with Crippen LogP contribution in [0.25, 0.3) is 11.3 Å². The number of ether oxygens (including phenoxy) is 2. The van der Waals surface area contributed by atoms with Crippen LogP contribution in [0, 0.1) is 0 Å². The Morgan fingerprint density at radius 2 is 1.64 bits per heavy atom. The van der Waals surface area contributed by atoms with Crippen molar-refractivity contribution in [2.75, 3.05) is 5.32 Å². The summed E-state index contributed by atoms with van der Waals surface area (Å²) in [6, 6.07) is 29.6. The lowest BCUT2D eigenvalue weighted by molar-refractivity contribution is 0.102. The summed E-state index contributed by atoms with van der Waals surface area (Å²) in [7, 11) is 0. The second-order valence-electron chi connectivity index (χ2n) is 7.83. The predicted octanol–water partition coefficient (Wildman–Crippen LogP) is 6.16. The highest BCUT2D eigenvalue weighted by Crippen LogP contribution is 2.31.